The van der Waals surface area contributed by atoms with Crippen LogP contribution in [-0.2, 0) is 12.4 Å². The Morgan fingerprint density at radius 1 is 1.06 bits per heavy atom. The minimum atomic E-state index is -0.241. The molecule has 0 fully saturated rings. The van der Waals surface area contributed by atoms with Crippen molar-refractivity contribution in [3.05, 3.63) is 69.7 Å². The van der Waals surface area contributed by atoms with Gasteiger partial charge in [-0.15, -0.1) is 33.3 Å². The summed E-state index contributed by atoms with van der Waals surface area (Å²) in [4.78, 5) is 6.11. The highest BCUT2D eigenvalue weighted by molar-refractivity contribution is 7.98. The summed E-state index contributed by atoms with van der Waals surface area (Å²) in [6, 6.07) is 14.0. The van der Waals surface area contributed by atoms with E-state index >= 15 is 0 Å². The third kappa shape index (κ3) is 4.81. The van der Waals surface area contributed by atoms with Crippen molar-refractivity contribution in [2.24, 2.45) is 0 Å². The van der Waals surface area contributed by atoms with E-state index in [1.807, 2.05) is 44.2 Å². The summed E-state index contributed by atoms with van der Waals surface area (Å²) in [6.45, 7) is 3.71. The maximum absolute atomic E-state index is 9.86. The van der Waals surface area contributed by atoms with E-state index in [1.165, 1.54) is 16.9 Å². The molecule has 0 aliphatic rings. The Bertz CT molecular complexity index is 1190. The van der Waals surface area contributed by atoms with Gasteiger partial charge in [-0.2, -0.15) is 0 Å². The average Bonchev–Trinajstić information content (AvgIpc) is 3.43. The molecule has 0 saturated carbocycles. The number of aromatic nitrogens is 3. The number of benzene rings is 2. The average molecular weight is 492 g/mol. The van der Waals surface area contributed by atoms with Crippen LogP contribution in [0.5, 0.6) is 0 Å². The first-order valence-corrected chi connectivity index (χ1v) is 12.1. The van der Waals surface area contributed by atoms with Crippen molar-refractivity contribution in [3.8, 4) is 21.3 Å². The van der Waals surface area contributed by atoms with Crippen LogP contribution in [0.4, 0.5) is 0 Å². The van der Waals surface area contributed by atoms with Crippen molar-refractivity contribution in [1.29, 1.82) is 0 Å². The van der Waals surface area contributed by atoms with E-state index in [9.17, 15) is 5.11 Å². The van der Waals surface area contributed by atoms with Crippen LogP contribution >= 0.6 is 46.3 Å². The summed E-state index contributed by atoms with van der Waals surface area (Å²) in [5.74, 6) is 1.77. The largest absolute Gasteiger partial charge is 0.418 e. The standard InChI is InChI=1S/C22H19Cl2N3O2S2/c1-12(2)20-26-27-21(29-20)22-25-15(10-28)19(31-22)14-8-9-16(18(24)17(14)23)30-11-13-6-4-3-5-7-13/h3-9,12,28H,10-11H2,1-2H3. The zero-order valence-electron chi connectivity index (χ0n) is 16.8. The molecule has 0 radical (unpaired) electrons. The van der Waals surface area contributed by atoms with Gasteiger partial charge in [-0.05, 0) is 11.6 Å². The van der Waals surface area contributed by atoms with E-state index in [0.717, 1.165) is 15.5 Å². The number of aliphatic hydroxyl groups is 1. The molecule has 2 heterocycles. The molecule has 0 unspecified atom stereocenters. The van der Waals surface area contributed by atoms with E-state index in [-0.39, 0.29) is 12.5 Å². The molecule has 0 atom stereocenters. The van der Waals surface area contributed by atoms with Crippen molar-refractivity contribution < 1.29 is 9.52 Å². The van der Waals surface area contributed by atoms with Gasteiger partial charge in [0.1, 0.15) is 0 Å². The Hall–Kier alpha value is -1.90. The predicted octanol–water partition coefficient (Wildman–Crippen LogP) is 7.07. The summed E-state index contributed by atoms with van der Waals surface area (Å²) < 4.78 is 5.71. The molecule has 1 N–H and O–H groups in total. The normalized spacial score (nSPS) is 11.4. The number of hydrogen-bond acceptors (Lipinski definition) is 7. The molecule has 31 heavy (non-hydrogen) atoms. The summed E-state index contributed by atoms with van der Waals surface area (Å²) in [6.07, 6.45) is 0. The molecule has 9 heteroatoms. The first kappa shape index (κ1) is 22.3. The van der Waals surface area contributed by atoms with Gasteiger partial charge in [-0.1, -0.05) is 73.4 Å². The van der Waals surface area contributed by atoms with Crippen LogP contribution in [0.15, 0.2) is 51.8 Å². The lowest BCUT2D eigenvalue weighted by Gasteiger charge is -2.10. The van der Waals surface area contributed by atoms with E-state index < -0.39 is 0 Å². The number of thioether (sulfide) groups is 1. The Morgan fingerprint density at radius 2 is 1.84 bits per heavy atom. The molecular weight excluding hydrogens is 473 g/mol. The van der Waals surface area contributed by atoms with Crippen LogP contribution in [0.3, 0.4) is 0 Å². The minimum Gasteiger partial charge on any atom is -0.418 e. The number of rotatable bonds is 7. The second kappa shape index (κ2) is 9.71. The fraction of sp³-hybridized carbons (Fsp3) is 0.227. The smallest absolute Gasteiger partial charge is 0.276 e. The first-order valence-electron chi connectivity index (χ1n) is 9.57. The third-order valence-electron chi connectivity index (χ3n) is 4.49. The monoisotopic (exact) mass is 491 g/mol. The molecular formula is C22H19Cl2N3O2S2. The number of thiazole rings is 1. The van der Waals surface area contributed by atoms with Gasteiger partial charge in [0, 0.05) is 22.1 Å². The highest BCUT2D eigenvalue weighted by atomic mass is 35.5. The summed E-state index contributed by atoms with van der Waals surface area (Å²) in [5, 5.41) is 19.4. The van der Waals surface area contributed by atoms with Crippen LogP contribution in [0.2, 0.25) is 10.0 Å². The highest BCUT2D eigenvalue weighted by Crippen LogP contribution is 2.44. The van der Waals surface area contributed by atoms with Crippen molar-refractivity contribution in [2.45, 2.75) is 37.0 Å². The summed E-state index contributed by atoms with van der Waals surface area (Å²) in [5.41, 5.74) is 2.41. The molecule has 2 aromatic carbocycles. The van der Waals surface area contributed by atoms with Gasteiger partial charge in [0.2, 0.25) is 5.89 Å². The Balaban J connectivity index is 1.64. The SMILES string of the molecule is CC(C)c1nnc(-c2nc(CO)c(-c3ccc(SCc4ccccc4)c(Cl)c3Cl)s2)o1. The van der Waals surface area contributed by atoms with Crippen molar-refractivity contribution in [2.75, 3.05) is 0 Å². The van der Waals surface area contributed by atoms with E-state index in [0.29, 0.717) is 38.1 Å². The minimum absolute atomic E-state index is 0.118. The molecule has 0 saturated heterocycles. The number of halogens is 2. The predicted molar refractivity (Wildman–Crippen MR) is 127 cm³/mol. The summed E-state index contributed by atoms with van der Waals surface area (Å²) >= 11 is 16.2. The van der Waals surface area contributed by atoms with Crippen LogP contribution < -0.4 is 0 Å². The second-order valence-corrected chi connectivity index (χ2v) is 9.84. The van der Waals surface area contributed by atoms with Crippen molar-refractivity contribution in [1.82, 2.24) is 15.2 Å². The molecule has 0 aliphatic carbocycles. The van der Waals surface area contributed by atoms with Crippen LogP contribution in [0.25, 0.3) is 21.3 Å². The molecule has 0 bridgehead atoms. The van der Waals surface area contributed by atoms with E-state index in [2.05, 4.69) is 27.3 Å². The lowest BCUT2D eigenvalue weighted by Crippen LogP contribution is -1.89. The second-order valence-electron chi connectivity index (χ2n) is 7.07. The maximum Gasteiger partial charge on any atom is 0.276 e. The van der Waals surface area contributed by atoms with Crippen molar-refractivity contribution in [3.63, 3.8) is 0 Å². The van der Waals surface area contributed by atoms with Gasteiger partial charge in [0.15, 0.2) is 5.01 Å². The molecule has 160 valence electrons. The lowest BCUT2D eigenvalue weighted by molar-refractivity contribution is 0.278. The number of aliphatic hydroxyl groups excluding tert-OH is 1. The molecule has 0 spiro atoms. The molecule has 0 aliphatic heterocycles. The van der Waals surface area contributed by atoms with Gasteiger partial charge in [-0.25, -0.2) is 4.98 Å². The van der Waals surface area contributed by atoms with Crippen LogP contribution in [-0.4, -0.2) is 20.3 Å². The molecule has 5 nitrogen and oxygen atoms in total. The Morgan fingerprint density at radius 3 is 2.52 bits per heavy atom. The van der Waals surface area contributed by atoms with E-state index in [1.54, 1.807) is 11.8 Å². The van der Waals surface area contributed by atoms with E-state index in [4.69, 9.17) is 27.6 Å². The number of hydrogen-bond donors (Lipinski definition) is 1. The third-order valence-corrected chi connectivity index (χ3v) is 7.74. The van der Waals surface area contributed by atoms with Crippen LogP contribution in [0.1, 0.15) is 36.9 Å². The van der Waals surface area contributed by atoms with Gasteiger partial charge in [0.25, 0.3) is 5.89 Å². The number of nitrogens with zero attached hydrogens (tertiary/aromatic N) is 3. The molecule has 2 aromatic heterocycles. The zero-order valence-corrected chi connectivity index (χ0v) is 19.9. The maximum atomic E-state index is 9.86. The molecule has 4 rings (SSSR count). The van der Waals surface area contributed by atoms with Crippen LogP contribution in [0, 0.1) is 0 Å². The fourth-order valence-electron chi connectivity index (χ4n) is 2.87. The zero-order chi connectivity index (χ0) is 22.0. The lowest BCUT2D eigenvalue weighted by atomic mass is 10.1. The van der Waals surface area contributed by atoms with Gasteiger partial charge >= 0.3 is 0 Å². The van der Waals surface area contributed by atoms with Crippen molar-refractivity contribution >= 4 is 46.3 Å². The summed E-state index contributed by atoms with van der Waals surface area (Å²) in [7, 11) is 0. The van der Waals surface area contributed by atoms with Gasteiger partial charge in [0.05, 0.1) is 27.2 Å². The highest BCUT2D eigenvalue weighted by Gasteiger charge is 2.22. The first-order chi connectivity index (χ1) is 15.0. The van der Waals surface area contributed by atoms with Gasteiger partial charge < -0.3 is 9.52 Å². The molecule has 4 aromatic rings. The van der Waals surface area contributed by atoms with Gasteiger partial charge in [-0.3, -0.25) is 0 Å². The fourth-order valence-corrected chi connectivity index (χ4v) is 5.50. The molecule has 0 amide bonds. The topological polar surface area (TPSA) is 72.0 Å². The Kier molecular flexibility index (Phi) is 6.99. The Labute approximate surface area is 198 Å². The quantitative estimate of drug-likeness (QED) is 0.278.